The number of imidazole rings is 1. The van der Waals surface area contributed by atoms with E-state index in [-0.39, 0.29) is 17.4 Å². The number of carbonyl (C=O) groups is 1. The zero-order valence-corrected chi connectivity index (χ0v) is 20.2. The molecule has 0 radical (unpaired) electrons. The van der Waals surface area contributed by atoms with Gasteiger partial charge < -0.3 is 14.4 Å². The molecule has 0 aliphatic carbocycles. The maximum absolute atomic E-state index is 12.5. The zero-order valence-electron chi connectivity index (χ0n) is 18.7. The molecule has 174 valence electrons. The number of fused-ring (bicyclic) bond motifs is 1. The molecule has 1 amide bonds. The topological polar surface area (TPSA) is 88.7 Å². The van der Waals surface area contributed by atoms with Crippen LogP contribution in [0.3, 0.4) is 0 Å². The number of nitrogens with one attached hydrogen (secondary N) is 1. The molecule has 0 atom stereocenters. The molecule has 7 nitrogen and oxygen atoms in total. The zero-order chi connectivity index (χ0) is 24.1. The first-order valence-corrected chi connectivity index (χ1v) is 11.8. The predicted molar refractivity (Wildman–Crippen MR) is 136 cm³/mol. The number of thioether (sulfide) groups is 1. The Hall–Kier alpha value is -3.49. The minimum absolute atomic E-state index is 0.0409. The van der Waals surface area contributed by atoms with Crippen molar-refractivity contribution in [1.82, 2.24) is 15.0 Å². The van der Waals surface area contributed by atoms with Gasteiger partial charge in [-0.25, -0.2) is 10.4 Å². The van der Waals surface area contributed by atoms with E-state index in [0.717, 1.165) is 27.3 Å². The van der Waals surface area contributed by atoms with Crippen LogP contribution >= 0.6 is 23.4 Å². The number of phenolic OH excluding ortho intramolecular Hbond substituents is 1. The third kappa shape index (κ3) is 5.35. The van der Waals surface area contributed by atoms with Crippen LogP contribution in [0.4, 0.5) is 0 Å². The van der Waals surface area contributed by atoms with Gasteiger partial charge in [0.1, 0.15) is 0 Å². The summed E-state index contributed by atoms with van der Waals surface area (Å²) in [5.41, 5.74) is 6.70. The molecule has 3 aromatic carbocycles. The van der Waals surface area contributed by atoms with E-state index in [2.05, 4.69) is 15.1 Å². The SMILES string of the molecule is COc1cc(/C(C)=N/NC(=O)CSc2nc3ccccc3n2Cc2ccccc2Cl)ccc1O. The van der Waals surface area contributed by atoms with E-state index < -0.39 is 0 Å². The van der Waals surface area contributed by atoms with Crippen LogP contribution in [0.25, 0.3) is 11.0 Å². The van der Waals surface area contributed by atoms with Crippen molar-refractivity contribution in [3.8, 4) is 11.5 Å². The number of para-hydroxylation sites is 2. The molecule has 4 aromatic rings. The van der Waals surface area contributed by atoms with Crippen LogP contribution in [0.15, 0.2) is 77.0 Å². The van der Waals surface area contributed by atoms with Gasteiger partial charge in [0.2, 0.25) is 0 Å². The molecular formula is C25H23ClN4O3S. The van der Waals surface area contributed by atoms with E-state index in [1.807, 2.05) is 48.5 Å². The number of rotatable bonds is 8. The van der Waals surface area contributed by atoms with E-state index in [4.69, 9.17) is 21.3 Å². The average Bonchev–Trinajstić information content (AvgIpc) is 3.20. The fourth-order valence-electron chi connectivity index (χ4n) is 3.39. The van der Waals surface area contributed by atoms with Crippen LogP contribution in [-0.4, -0.2) is 39.1 Å². The van der Waals surface area contributed by atoms with Crippen molar-refractivity contribution in [3.05, 3.63) is 82.9 Å². The number of aromatic nitrogens is 2. The van der Waals surface area contributed by atoms with Crippen LogP contribution in [0.5, 0.6) is 11.5 Å². The number of benzene rings is 3. The summed E-state index contributed by atoms with van der Waals surface area (Å²) in [5, 5.41) is 15.3. The molecule has 0 aliphatic heterocycles. The van der Waals surface area contributed by atoms with Crippen molar-refractivity contribution < 1.29 is 14.6 Å². The van der Waals surface area contributed by atoms with Gasteiger partial charge in [0.25, 0.3) is 5.91 Å². The summed E-state index contributed by atoms with van der Waals surface area (Å²) in [6, 6.07) is 20.4. The largest absolute Gasteiger partial charge is 0.504 e. The van der Waals surface area contributed by atoms with E-state index >= 15 is 0 Å². The Morgan fingerprint density at radius 2 is 1.94 bits per heavy atom. The molecule has 34 heavy (non-hydrogen) atoms. The number of methoxy groups -OCH3 is 1. The van der Waals surface area contributed by atoms with Crippen LogP contribution in [0.2, 0.25) is 5.02 Å². The van der Waals surface area contributed by atoms with Gasteiger partial charge in [0.05, 0.1) is 36.2 Å². The van der Waals surface area contributed by atoms with Crippen molar-refractivity contribution >= 4 is 46.0 Å². The number of hydrogen-bond acceptors (Lipinski definition) is 6. The summed E-state index contributed by atoms with van der Waals surface area (Å²) in [7, 11) is 1.48. The minimum atomic E-state index is -0.258. The number of amides is 1. The van der Waals surface area contributed by atoms with Gasteiger partial charge in [-0.2, -0.15) is 5.10 Å². The van der Waals surface area contributed by atoms with Gasteiger partial charge in [-0.05, 0) is 48.9 Å². The maximum atomic E-state index is 12.5. The second-order valence-corrected chi connectivity index (χ2v) is 8.82. The molecule has 1 aromatic heterocycles. The number of phenols is 1. The van der Waals surface area contributed by atoms with Gasteiger partial charge in [-0.3, -0.25) is 4.79 Å². The number of hydrogen-bond donors (Lipinski definition) is 2. The maximum Gasteiger partial charge on any atom is 0.250 e. The highest BCUT2D eigenvalue weighted by Gasteiger charge is 2.14. The number of carbonyl (C=O) groups excluding carboxylic acids is 1. The molecule has 2 N–H and O–H groups in total. The molecular weight excluding hydrogens is 472 g/mol. The van der Waals surface area contributed by atoms with Gasteiger partial charge >= 0.3 is 0 Å². The molecule has 0 saturated heterocycles. The van der Waals surface area contributed by atoms with Gasteiger partial charge in [-0.1, -0.05) is 53.7 Å². The third-order valence-electron chi connectivity index (χ3n) is 5.18. The number of ether oxygens (including phenoxy) is 1. The second kappa shape index (κ2) is 10.6. The Kier molecular flexibility index (Phi) is 7.40. The smallest absolute Gasteiger partial charge is 0.250 e. The lowest BCUT2D eigenvalue weighted by Crippen LogP contribution is -2.21. The average molecular weight is 495 g/mol. The first kappa shape index (κ1) is 23.7. The molecule has 4 rings (SSSR count). The Labute approximate surface area is 206 Å². The molecule has 0 saturated carbocycles. The second-order valence-electron chi connectivity index (χ2n) is 7.47. The summed E-state index contributed by atoms with van der Waals surface area (Å²) in [5.74, 6) is 0.263. The van der Waals surface area contributed by atoms with E-state index in [9.17, 15) is 9.90 Å². The molecule has 0 bridgehead atoms. The van der Waals surface area contributed by atoms with Crippen LogP contribution in [-0.2, 0) is 11.3 Å². The molecule has 0 aliphatic rings. The number of hydrazone groups is 1. The first-order chi connectivity index (χ1) is 16.5. The molecule has 0 fully saturated rings. The van der Waals surface area contributed by atoms with Crippen LogP contribution < -0.4 is 10.2 Å². The number of aromatic hydroxyl groups is 1. The minimum Gasteiger partial charge on any atom is -0.504 e. The standard InChI is InChI=1S/C25H23ClN4O3S/c1-16(17-11-12-22(31)23(13-17)33-2)28-29-24(32)15-34-25-27-20-9-5-6-10-21(20)30(25)14-18-7-3-4-8-19(18)26/h3-13,31H,14-15H2,1-2H3,(H,29,32)/b28-16+. The summed E-state index contributed by atoms with van der Waals surface area (Å²) in [4.78, 5) is 17.2. The fourth-order valence-corrected chi connectivity index (χ4v) is 4.39. The van der Waals surface area contributed by atoms with Crippen molar-refractivity contribution in [1.29, 1.82) is 0 Å². The van der Waals surface area contributed by atoms with Crippen molar-refractivity contribution in [3.63, 3.8) is 0 Å². The lowest BCUT2D eigenvalue weighted by molar-refractivity contribution is -0.118. The number of halogens is 1. The Bertz CT molecular complexity index is 1370. The van der Waals surface area contributed by atoms with Gasteiger partial charge in [0, 0.05) is 10.6 Å². The highest BCUT2D eigenvalue weighted by Crippen LogP contribution is 2.28. The summed E-state index contributed by atoms with van der Waals surface area (Å²) >= 11 is 7.72. The van der Waals surface area contributed by atoms with Crippen molar-refractivity contribution in [2.45, 2.75) is 18.6 Å². The summed E-state index contributed by atoms with van der Waals surface area (Å²) in [6.45, 7) is 2.31. The molecule has 0 spiro atoms. The predicted octanol–water partition coefficient (Wildman–Crippen LogP) is 5.08. The van der Waals surface area contributed by atoms with Crippen molar-refractivity contribution in [2.75, 3.05) is 12.9 Å². The monoisotopic (exact) mass is 494 g/mol. The van der Waals surface area contributed by atoms with E-state index in [1.54, 1.807) is 19.1 Å². The van der Waals surface area contributed by atoms with E-state index in [1.165, 1.54) is 24.9 Å². The molecule has 0 unspecified atom stereocenters. The third-order valence-corrected chi connectivity index (χ3v) is 6.53. The Morgan fingerprint density at radius 1 is 1.18 bits per heavy atom. The number of nitrogens with zero attached hydrogens (tertiary/aromatic N) is 3. The summed E-state index contributed by atoms with van der Waals surface area (Å²) < 4.78 is 7.18. The lowest BCUT2D eigenvalue weighted by atomic mass is 10.1. The quantitative estimate of drug-likeness (QED) is 0.202. The molecule has 9 heteroatoms. The fraction of sp³-hybridized carbons (Fsp3) is 0.160. The highest BCUT2D eigenvalue weighted by molar-refractivity contribution is 7.99. The van der Waals surface area contributed by atoms with Crippen LogP contribution in [0, 0.1) is 0 Å². The highest BCUT2D eigenvalue weighted by atomic mass is 35.5. The van der Waals surface area contributed by atoms with Crippen LogP contribution in [0.1, 0.15) is 18.1 Å². The Balaban J connectivity index is 1.47. The first-order valence-electron chi connectivity index (χ1n) is 10.5. The molecule has 1 heterocycles. The van der Waals surface area contributed by atoms with Gasteiger partial charge in [0.15, 0.2) is 16.7 Å². The van der Waals surface area contributed by atoms with E-state index in [0.29, 0.717) is 23.0 Å². The normalized spacial score (nSPS) is 11.6. The summed E-state index contributed by atoms with van der Waals surface area (Å²) in [6.07, 6.45) is 0. The lowest BCUT2D eigenvalue weighted by Gasteiger charge is -2.10. The van der Waals surface area contributed by atoms with Crippen molar-refractivity contribution in [2.24, 2.45) is 5.10 Å². The Morgan fingerprint density at radius 3 is 2.74 bits per heavy atom. The van der Waals surface area contributed by atoms with Gasteiger partial charge in [-0.15, -0.1) is 0 Å².